The van der Waals surface area contributed by atoms with Crippen molar-refractivity contribution in [3.63, 3.8) is 0 Å². The average Bonchev–Trinajstić information content (AvgIpc) is 2.97. The first-order valence-electron chi connectivity index (χ1n) is 7.26. The molecule has 2 rings (SSSR count). The van der Waals surface area contributed by atoms with Crippen molar-refractivity contribution in [1.82, 2.24) is 9.80 Å². The third-order valence-corrected chi connectivity index (χ3v) is 5.01. The second-order valence-electron chi connectivity index (χ2n) is 5.64. The molecule has 1 aliphatic rings. The van der Waals surface area contributed by atoms with Gasteiger partial charge in [-0.1, -0.05) is 6.07 Å². The summed E-state index contributed by atoms with van der Waals surface area (Å²) in [6.07, 6.45) is 1.95. The summed E-state index contributed by atoms with van der Waals surface area (Å²) in [6.45, 7) is 3.14. The van der Waals surface area contributed by atoms with Gasteiger partial charge in [0.15, 0.2) is 0 Å². The van der Waals surface area contributed by atoms with Crippen LogP contribution in [0, 0.1) is 5.92 Å². The number of nitrogens with zero attached hydrogens (tertiary/aromatic N) is 2. The fraction of sp³-hybridized carbons (Fsp3) is 0.600. The SMILES string of the molecule is CC1CC(C(=O)O)CCN1C(=O)N(C)CCc1cccs1. The third-order valence-electron chi connectivity index (χ3n) is 4.07. The van der Waals surface area contributed by atoms with E-state index in [1.54, 1.807) is 21.1 Å². The average molecular weight is 310 g/mol. The van der Waals surface area contributed by atoms with E-state index in [2.05, 4.69) is 6.07 Å². The maximum atomic E-state index is 12.5. The minimum Gasteiger partial charge on any atom is -0.481 e. The molecule has 2 unspecified atom stereocenters. The van der Waals surface area contributed by atoms with Crippen LogP contribution in [-0.2, 0) is 11.2 Å². The smallest absolute Gasteiger partial charge is 0.319 e. The van der Waals surface area contributed by atoms with Gasteiger partial charge in [0.1, 0.15) is 0 Å². The van der Waals surface area contributed by atoms with E-state index >= 15 is 0 Å². The lowest BCUT2D eigenvalue weighted by Crippen LogP contribution is -2.50. The molecule has 21 heavy (non-hydrogen) atoms. The molecule has 1 saturated heterocycles. The van der Waals surface area contributed by atoms with Gasteiger partial charge in [0.05, 0.1) is 5.92 Å². The number of rotatable bonds is 4. The molecule has 0 saturated carbocycles. The fourth-order valence-electron chi connectivity index (χ4n) is 2.73. The van der Waals surface area contributed by atoms with Crippen molar-refractivity contribution in [2.24, 2.45) is 5.92 Å². The molecule has 6 heteroatoms. The van der Waals surface area contributed by atoms with E-state index in [9.17, 15) is 9.59 Å². The lowest BCUT2D eigenvalue weighted by molar-refractivity contribution is -0.143. The fourth-order valence-corrected chi connectivity index (χ4v) is 3.43. The van der Waals surface area contributed by atoms with Gasteiger partial charge >= 0.3 is 12.0 Å². The van der Waals surface area contributed by atoms with Crippen molar-refractivity contribution < 1.29 is 14.7 Å². The summed E-state index contributed by atoms with van der Waals surface area (Å²) in [6, 6.07) is 4.07. The van der Waals surface area contributed by atoms with E-state index in [4.69, 9.17) is 5.11 Å². The number of aliphatic carboxylic acids is 1. The summed E-state index contributed by atoms with van der Waals surface area (Å²) in [7, 11) is 1.81. The number of hydrogen-bond acceptors (Lipinski definition) is 3. The van der Waals surface area contributed by atoms with E-state index in [-0.39, 0.29) is 18.0 Å². The van der Waals surface area contributed by atoms with Crippen LogP contribution in [0.2, 0.25) is 0 Å². The Morgan fingerprint density at radius 1 is 1.52 bits per heavy atom. The van der Waals surface area contributed by atoms with Gasteiger partial charge in [-0.15, -0.1) is 11.3 Å². The molecule has 2 amide bonds. The number of amides is 2. The number of urea groups is 1. The Morgan fingerprint density at radius 3 is 2.86 bits per heavy atom. The van der Waals surface area contributed by atoms with Crippen LogP contribution in [0.5, 0.6) is 0 Å². The number of carbonyl (C=O) groups excluding carboxylic acids is 1. The van der Waals surface area contributed by atoms with Gasteiger partial charge < -0.3 is 14.9 Å². The molecule has 1 N–H and O–H groups in total. The van der Waals surface area contributed by atoms with Gasteiger partial charge in [-0.05, 0) is 37.6 Å². The first-order valence-corrected chi connectivity index (χ1v) is 8.14. The molecule has 1 aliphatic heterocycles. The van der Waals surface area contributed by atoms with Crippen molar-refractivity contribution >= 4 is 23.3 Å². The Bertz CT molecular complexity index is 489. The van der Waals surface area contributed by atoms with Crippen LogP contribution < -0.4 is 0 Å². The van der Waals surface area contributed by atoms with Crippen LogP contribution in [0.15, 0.2) is 17.5 Å². The highest BCUT2D eigenvalue weighted by molar-refractivity contribution is 7.09. The normalized spacial score (nSPS) is 22.1. The van der Waals surface area contributed by atoms with Crippen LogP contribution in [-0.4, -0.2) is 53.1 Å². The van der Waals surface area contributed by atoms with Crippen LogP contribution >= 0.6 is 11.3 Å². The lowest BCUT2D eigenvalue weighted by atomic mass is 9.92. The second-order valence-corrected chi connectivity index (χ2v) is 6.67. The molecule has 0 radical (unpaired) electrons. The van der Waals surface area contributed by atoms with Crippen molar-refractivity contribution in [3.05, 3.63) is 22.4 Å². The van der Waals surface area contributed by atoms with Crippen LogP contribution in [0.3, 0.4) is 0 Å². The first-order chi connectivity index (χ1) is 9.99. The molecule has 0 bridgehead atoms. The van der Waals surface area contributed by atoms with Crippen molar-refractivity contribution in [2.75, 3.05) is 20.1 Å². The van der Waals surface area contributed by atoms with E-state index in [1.807, 2.05) is 25.4 Å². The van der Waals surface area contributed by atoms with E-state index in [1.165, 1.54) is 4.88 Å². The summed E-state index contributed by atoms with van der Waals surface area (Å²) in [5, 5.41) is 11.1. The Labute approximate surface area is 129 Å². The zero-order chi connectivity index (χ0) is 15.4. The zero-order valence-corrected chi connectivity index (χ0v) is 13.3. The Balaban J connectivity index is 1.86. The van der Waals surface area contributed by atoms with Crippen molar-refractivity contribution in [3.8, 4) is 0 Å². The molecule has 5 nitrogen and oxygen atoms in total. The quantitative estimate of drug-likeness (QED) is 0.929. The highest BCUT2D eigenvalue weighted by Gasteiger charge is 2.33. The number of carboxylic acids is 1. The predicted molar refractivity (Wildman–Crippen MR) is 82.6 cm³/mol. The predicted octanol–water partition coefficient (Wildman–Crippen LogP) is 2.53. The third kappa shape index (κ3) is 3.97. The monoisotopic (exact) mass is 310 g/mol. The summed E-state index contributed by atoms with van der Waals surface area (Å²) in [4.78, 5) is 28.3. The molecule has 0 spiro atoms. The lowest BCUT2D eigenvalue weighted by Gasteiger charge is -2.38. The number of likely N-dealkylation sites (N-methyl/N-ethyl adjacent to an activating group) is 1. The largest absolute Gasteiger partial charge is 0.481 e. The number of carbonyl (C=O) groups is 2. The van der Waals surface area contributed by atoms with E-state index in [0.29, 0.717) is 25.9 Å². The maximum Gasteiger partial charge on any atom is 0.319 e. The minimum absolute atomic E-state index is 0.00268. The van der Waals surface area contributed by atoms with Crippen LogP contribution in [0.4, 0.5) is 4.79 Å². The van der Waals surface area contributed by atoms with Gasteiger partial charge in [-0.2, -0.15) is 0 Å². The van der Waals surface area contributed by atoms with Gasteiger partial charge in [-0.3, -0.25) is 4.79 Å². The highest BCUT2D eigenvalue weighted by Crippen LogP contribution is 2.24. The molecule has 116 valence electrons. The molecule has 0 aromatic carbocycles. The summed E-state index contributed by atoms with van der Waals surface area (Å²) in [5.41, 5.74) is 0. The van der Waals surface area contributed by atoms with Gasteiger partial charge in [0.25, 0.3) is 0 Å². The summed E-state index contributed by atoms with van der Waals surface area (Å²) in [5.74, 6) is -1.07. The molecule has 1 aromatic heterocycles. The van der Waals surface area contributed by atoms with E-state index in [0.717, 1.165) is 6.42 Å². The Morgan fingerprint density at radius 2 is 2.29 bits per heavy atom. The molecule has 2 heterocycles. The number of carboxylic acid groups (broad SMARTS) is 1. The molecular weight excluding hydrogens is 288 g/mol. The standard InChI is InChI=1S/C15H22N2O3S/c1-11-10-12(14(18)19)5-8-17(11)15(20)16(2)7-6-13-4-3-9-21-13/h3-4,9,11-12H,5-8,10H2,1-2H3,(H,18,19). The first kappa shape index (κ1) is 15.8. The van der Waals surface area contributed by atoms with Crippen molar-refractivity contribution in [1.29, 1.82) is 0 Å². The second kappa shape index (κ2) is 6.93. The Kier molecular flexibility index (Phi) is 5.22. The van der Waals surface area contributed by atoms with Crippen LogP contribution in [0.25, 0.3) is 0 Å². The molecular formula is C15H22N2O3S. The molecule has 0 aliphatic carbocycles. The molecule has 1 aromatic rings. The van der Waals surface area contributed by atoms with Crippen LogP contribution in [0.1, 0.15) is 24.6 Å². The van der Waals surface area contributed by atoms with Gasteiger partial charge in [-0.25, -0.2) is 4.79 Å². The zero-order valence-electron chi connectivity index (χ0n) is 12.5. The van der Waals surface area contributed by atoms with Gasteiger partial charge in [0, 0.05) is 31.1 Å². The topological polar surface area (TPSA) is 60.9 Å². The summed E-state index contributed by atoms with van der Waals surface area (Å²) < 4.78 is 0. The van der Waals surface area contributed by atoms with Gasteiger partial charge in [0.2, 0.25) is 0 Å². The minimum atomic E-state index is -0.750. The molecule has 1 fully saturated rings. The number of hydrogen-bond donors (Lipinski definition) is 1. The number of thiophene rings is 1. The van der Waals surface area contributed by atoms with E-state index < -0.39 is 5.97 Å². The van der Waals surface area contributed by atoms with Crippen molar-refractivity contribution in [2.45, 2.75) is 32.2 Å². The number of piperidine rings is 1. The molecule has 2 atom stereocenters. The highest BCUT2D eigenvalue weighted by atomic mass is 32.1. The number of likely N-dealkylation sites (tertiary alicyclic amines) is 1. The Hall–Kier alpha value is -1.56. The summed E-state index contributed by atoms with van der Waals surface area (Å²) >= 11 is 1.70. The maximum absolute atomic E-state index is 12.5.